The highest BCUT2D eigenvalue weighted by Gasteiger charge is 2.21. The maximum Gasteiger partial charge on any atom is 0.263 e. The molecule has 144 valence electrons. The van der Waals surface area contributed by atoms with Crippen molar-refractivity contribution in [1.29, 1.82) is 0 Å². The normalized spacial score (nSPS) is 14.8. The highest BCUT2D eigenvalue weighted by Crippen LogP contribution is 2.26. The van der Waals surface area contributed by atoms with Crippen molar-refractivity contribution in [3.8, 4) is 5.75 Å². The molecule has 5 heteroatoms. The Balaban J connectivity index is 1.42. The van der Waals surface area contributed by atoms with Crippen molar-refractivity contribution >= 4 is 40.3 Å². The number of carbonyl (C=O) groups excluding carboxylic acids is 1. The number of nitrogens with one attached hydrogen (secondary N) is 1. The molecule has 0 unspecified atom stereocenters. The first-order chi connectivity index (χ1) is 14.2. The molecule has 1 amide bonds. The highest BCUT2D eigenvalue weighted by atomic mass is 32.2. The summed E-state index contributed by atoms with van der Waals surface area (Å²) in [5.74, 6) is 0.649. The Labute approximate surface area is 179 Å². The molecule has 0 atom stereocenters. The van der Waals surface area contributed by atoms with Crippen LogP contribution in [0.2, 0.25) is 0 Å². The van der Waals surface area contributed by atoms with Gasteiger partial charge in [0.1, 0.15) is 16.7 Å². The summed E-state index contributed by atoms with van der Waals surface area (Å²) in [5, 5.41) is 2.62. The lowest BCUT2D eigenvalue weighted by Crippen LogP contribution is -2.17. The maximum atomic E-state index is 11.8. The van der Waals surface area contributed by atoms with E-state index in [9.17, 15) is 4.79 Å². The van der Waals surface area contributed by atoms with Crippen LogP contribution in [0.5, 0.6) is 5.75 Å². The molecule has 0 bridgehead atoms. The van der Waals surface area contributed by atoms with Gasteiger partial charge in [-0.2, -0.15) is 0 Å². The Hall–Kier alpha value is -2.89. The van der Waals surface area contributed by atoms with Gasteiger partial charge in [-0.3, -0.25) is 4.79 Å². The molecule has 0 aliphatic carbocycles. The molecule has 3 aromatic rings. The van der Waals surface area contributed by atoms with Crippen LogP contribution in [0.25, 0.3) is 6.08 Å². The first-order valence-electron chi connectivity index (χ1n) is 9.26. The van der Waals surface area contributed by atoms with E-state index in [1.807, 2.05) is 42.5 Å². The summed E-state index contributed by atoms with van der Waals surface area (Å²) in [6.07, 6.45) is 2.71. The van der Waals surface area contributed by atoms with Crippen LogP contribution in [0.4, 0.5) is 0 Å². The molecule has 1 aliphatic rings. The maximum absolute atomic E-state index is 11.8. The number of carbonyl (C=O) groups is 1. The van der Waals surface area contributed by atoms with E-state index in [1.165, 1.54) is 28.5 Å². The van der Waals surface area contributed by atoms with Crippen LogP contribution in [0, 0.1) is 0 Å². The standard InChI is InChI=1S/C24H19NO2S2/c26-23-22(29-24(28)25-23)15-18-10-12-21(13-11-18)27-16-20-9-5-4-8-19(20)14-17-6-2-1-3-7-17/h1-13,15H,14,16H2,(H,25,26,28)/b22-15-. The molecule has 3 nitrogen and oxygen atoms in total. The van der Waals surface area contributed by atoms with Crippen molar-refractivity contribution in [3.63, 3.8) is 0 Å². The van der Waals surface area contributed by atoms with E-state index in [1.54, 1.807) is 0 Å². The zero-order chi connectivity index (χ0) is 20.1. The lowest BCUT2D eigenvalue weighted by molar-refractivity contribution is -0.115. The van der Waals surface area contributed by atoms with Gasteiger partial charge in [-0.25, -0.2) is 0 Å². The second kappa shape index (κ2) is 9.07. The molecule has 4 rings (SSSR count). The molecule has 0 aromatic heterocycles. The topological polar surface area (TPSA) is 38.3 Å². The molecule has 3 aromatic carbocycles. The SMILES string of the molecule is O=C1NC(=S)S/C1=C\c1ccc(OCc2ccccc2Cc2ccccc2)cc1. The molecule has 1 N–H and O–H groups in total. The fourth-order valence-corrected chi connectivity index (χ4v) is 4.12. The van der Waals surface area contributed by atoms with E-state index in [-0.39, 0.29) is 5.91 Å². The minimum absolute atomic E-state index is 0.143. The summed E-state index contributed by atoms with van der Waals surface area (Å²) in [6.45, 7) is 0.510. The zero-order valence-corrected chi connectivity index (χ0v) is 17.3. The summed E-state index contributed by atoms with van der Waals surface area (Å²) in [6, 6.07) is 26.5. The molecule has 0 saturated carbocycles. The van der Waals surface area contributed by atoms with Gasteiger partial charge in [0.2, 0.25) is 0 Å². The van der Waals surface area contributed by atoms with Crippen molar-refractivity contribution in [2.45, 2.75) is 13.0 Å². The summed E-state index contributed by atoms with van der Waals surface area (Å²) in [5.41, 5.74) is 4.66. The Kier molecular flexibility index (Phi) is 6.08. The van der Waals surface area contributed by atoms with Crippen LogP contribution in [-0.4, -0.2) is 10.2 Å². The third-order valence-electron chi connectivity index (χ3n) is 4.57. The highest BCUT2D eigenvalue weighted by molar-refractivity contribution is 8.26. The molecule has 29 heavy (non-hydrogen) atoms. The Bertz CT molecular complexity index is 1060. The Morgan fingerprint density at radius 1 is 0.897 bits per heavy atom. The van der Waals surface area contributed by atoms with Crippen LogP contribution >= 0.6 is 24.0 Å². The smallest absolute Gasteiger partial charge is 0.263 e. The van der Waals surface area contributed by atoms with Crippen LogP contribution in [0.3, 0.4) is 0 Å². The number of hydrogen-bond donors (Lipinski definition) is 1. The predicted octanol–water partition coefficient (Wildman–Crippen LogP) is 5.35. The molecular formula is C24H19NO2S2. The van der Waals surface area contributed by atoms with E-state index in [0.717, 1.165) is 17.7 Å². The van der Waals surface area contributed by atoms with Gasteiger partial charge in [0.15, 0.2) is 0 Å². The van der Waals surface area contributed by atoms with Crippen molar-refractivity contribution in [2.75, 3.05) is 0 Å². The molecule has 0 spiro atoms. The number of ether oxygens (including phenoxy) is 1. The van der Waals surface area contributed by atoms with Crippen LogP contribution < -0.4 is 10.1 Å². The number of hydrogen-bond acceptors (Lipinski definition) is 4. The van der Waals surface area contributed by atoms with Gasteiger partial charge < -0.3 is 10.1 Å². The van der Waals surface area contributed by atoms with Gasteiger partial charge in [0, 0.05) is 0 Å². The lowest BCUT2D eigenvalue weighted by Gasteiger charge is -2.11. The number of thiocarbonyl (C=S) groups is 1. The van der Waals surface area contributed by atoms with E-state index >= 15 is 0 Å². The summed E-state index contributed by atoms with van der Waals surface area (Å²) < 4.78 is 6.50. The molecule has 1 heterocycles. The second-order valence-electron chi connectivity index (χ2n) is 6.64. The first kappa shape index (κ1) is 19.4. The van der Waals surface area contributed by atoms with Gasteiger partial charge in [-0.15, -0.1) is 0 Å². The average molecular weight is 418 g/mol. The van der Waals surface area contributed by atoms with Gasteiger partial charge in [0.05, 0.1) is 4.91 Å². The third kappa shape index (κ3) is 5.13. The largest absolute Gasteiger partial charge is 0.489 e. The Morgan fingerprint density at radius 2 is 1.59 bits per heavy atom. The van der Waals surface area contributed by atoms with E-state index < -0.39 is 0 Å². The van der Waals surface area contributed by atoms with Crippen LogP contribution in [0.15, 0.2) is 83.8 Å². The zero-order valence-electron chi connectivity index (χ0n) is 15.6. The van der Waals surface area contributed by atoms with Crippen molar-refractivity contribution in [1.82, 2.24) is 5.32 Å². The van der Waals surface area contributed by atoms with E-state index in [4.69, 9.17) is 17.0 Å². The van der Waals surface area contributed by atoms with Gasteiger partial charge in [0.25, 0.3) is 5.91 Å². The van der Waals surface area contributed by atoms with E-state index in [2.05, 4.69) is 47.8 Å². The van der Waals surface area contributed by atoms with Crippen molar-refractivity contribution in [2.24, 2.45) is 0 Å². The fraction of sp³-hybridized carbons (Fsp3) is 0.0833. The summed E-state index contributed by atoms with van der Waals surface area (Å²) in [7, 11) is 0. The number of amides is 1. The average Bonchev–Trinajstić information content (AvgIpc) is 3.06. The predicted molar refractivity (Wildman–Crippen MR) is 123 cm³/mol. The molecule has 1 saturated heterocycles. The number of benzene rings is 3. The Morgan fingerprint density at radius 3 is 2.28 bits per heavy atom. The minimum atomic E-state index is -0.143. The van der Waals surface area contributed by atoms with Gasteiger partial charge >= 0.3 is 0 Å². The lowest BCUT2D eigenvalue weighted by atomic mass is 10.0. The van der Waals surface area contributed by atoms with Crippen molar-refractivity contribution < 1.29 is 9.53 Å². The van der Waals surface area contributed by atoms with Crippen molar-refractivity contribution in [3.05, 3.63) is 106 Å². The fourth-order valence-electron chi connectivity index (χ4n) is 3.08. The van der Waals surface area contributed by atoms with E-state index in [0.29, 0.717) is 15.8 Å². The summed E-state index contributed by atoms with van der Waals surface area (Å²) in [4.78, 5) is 12.4. The monoisotopic (exact) mass is 417 g/mol. The van der Waals surface area contributed by atoms with Crippen LogP contribution in [-0.2, 0) is 17.8 Å². The number of rotatable bonds is 6. The molecule has 0 radical (unpaired) electrons. The minimum Gasteiger partial charge on any atom is -0.489 e. The summed E-state index contributed by atoms with van der Waals surface area (Å²) >= 11 is 6.30. The molecule has 1 fully saturated rings. The van der Waals surface area contributed by atoms with Gasteiger partial charge in [-0.05, 0) is 46.9 Å². The number of thioether (sulfide) groups is 1. The quantitative estimate of drug-likeness (QED) is 0.434. The van der Waals surface area contributed by atoms with Gasteiger partial charge in [-0.1, -0.05) is 90.7 Å². The molecular weight excluding hydrogens is 398 g/mol. The van der Waals surface area contributed by atoms with Crippen LogP contribution in [0.1, 0.15) is 22.3 Å². The first-order valence-corrected chi connectivity index (χ1v) is 10.5. The second-order valence-corrected chi connectivity index (χ2v) is 8.36. The molecule has 1 aliphatic heterocycles. The third-order valence-corrected chi connectivity index (χ3v) is 5.73.